The lowest BCUT2D eigenvalue weighted by Crippen LogP contribution is -2.52. The maximum Gasteiger partial charge on any atom is 0.237 e. The molecule has 31 heavy (non-hydrogen) atoms. The van der Waals surface area contributed by atoms with E-state index in [0.29, 0.717) is 39.0 Å². The van der Waals surface area contributed by atoms with Gasteiger partial charge in [-0.3, -0.25) is 14.4 Å². The third-order valence-electron chi connectivity index (χ3n) is 5.68. The summed E-state index contributed by atoms with van der Waals surface area (Å²) >= 11 is 0. The minimum atomic E-state index is -0.639. The van der Waals surface area contributed by atoms with Gasteiger partial charge in [-0.25, -0.2) is 4.39 Å². The van der Waals surface area contributed by atoms with Crippen molar-refractivity contribution in [3.63, 3.8) is 0 Å². The summed E-state index contributed by atoms with van der Waals surface area (Å²) in [5, 5.41) is 17.8. The highest BCUT2D eigenvalue weighted by Crippen LogP contribution is 2.24. The van der Waals surface area contributed by atoms with E-state index in [2.05, 4.69) is 22.5 Å². The Hall–Kier alpha value is -3.03. The van der Waals surface area contributed by atoms with Gasteiger partial charge >= 0.3 is 0 Å². The molecule has 0 saturated heterocycles. The third-order valence-corrected chi connectivity index (χ3v) is 5.68. The fourth-order valence-corrected chi connectivity index (χ4v) is 4.08. The second kappa shape index (κ2) is 9.85. The van der Waals surface area contributed by atoms with E-state index < -0.39 is 6.10 Å². The van der Waals surface area contributed by atoms with Crippen molar-refractivity contribution in [2.75, 3.05) is 13.1 Å². The highest BCUT2D eigenvalue weighted by atomic mass is 19.1. The first kappa shape index (κ1) is 21.2. The van der Waals surface area contributed by atoms with Crippen LogP contribution in [0, 0.1) is 5.82 Å². The van der Waals surface area contributed by atoms with Crippen LogP contribution in [0.4, 0.5) is 4.39 Å². The summed E-state index contributed by atoms with van der Waals surface area (Å²) in [4.78, 5) is 15.1. The van der Waals surface area contributed by atoms with Gasteiger partial charge in [0.25, 0.3) is 0 Å². The van der Waals surface area contributed by atoms with Crippen LogP contribution in [0.2, 0.25) is 0 Å². The van der Waals surface area contributed by atoms with Crippen molar-refractivity contribution < 1.29 is 14.3 Å². The number of nitrogens with zero attached hydrogens (tertiary/aromatic N) is 3. The van der Waals surface area contributed by atoms with Gasteiger partial charge in [0, 0.05) is 32.0 Å². The van der Waals surface area contributed by atoms with Crippen LogP contribution in [-0.4, -0.2) is 50.9 Å². The van der Waals surface area contributed by atoms with Crippen molar-refractivity contribution in [2.24, 2.45) is 0 Å². The molecule has 6 nitrogen and oxygen atoms in total. The number of β-amino-alcohol motifs (C(OH)–C–C–N with tert-alkyl or cyclic N) is 1. The molecule has 2 N–H and O–H groups in total. The Bertz CT molecular complexity index is 991. The number of carbonyl (C=O) groups excluding carboxylic acids is 1. The molecule has 2 atom stereocenters. The lowest BCUT2D eigenvalue weighted by molar-refractivity contribution is -0.127. The van der Waals surface area contributed by atoms with Crippen LogP contribution in [0.5, 0.6) is 0 Å². The molecule has 1 aliphatic heterocycles. The first-order valence-electron chi connectivity index (χ1n) is 10.6. The molecule has 1 aliphatic rings. The van der Waals surface area contributed by atoms with Crippen molar-refractivity contribution in [3.05, 3.63) is 89.5 Å². The van der Waals surface area contributed by atoms with E-state index in [-0.39, 0.29) is 17.8 Å². The lowest BCUT2D eigenvalue weighted by Gasteiger charge is -2.37. The summed E-state index contributed by atoms with van der Waals surface area (Å²) in [6, 6.07) is 15.9. The molecular weight excluding hydrogens is 395 g/mol. The molecule has 4 rings (SSSR count). The molecule has 2 aromatic carbocycles. The number of fused-ring (bicyclic) bond motifs is 1. The first-order valence-corrected chi connectivity index (χ1v) is 10.6. The zero-order valence-corrected chi connectivity index (χ0v) is 17.3. The average molecular weight is 423 g/mol. The summed E-state index contributed by atoms with van der Waals surface area (Å²) in [6.07, 6.45) is 4.10. The Kier molecular flexibility index (Phi) is 6.74. The Morgan fingerprint density at radius 2 is 1.90 bits per heavy atom. The number of aliphatic hydroxyl groups is 1. The number of aliphatic hydroxyl groups excluding tert-OH is 1. The minimum absolute atomic E-state index is 0.0529. The van der Waals surface area contributed by atoms with Crippen molar-refractivity contribution in [1.82, 2.24) is 20.0 Å². The predicted octanol–water partition coefficient (Wildman–Crippen LogP) is 2.17. The number of halogens is 1. The van der Waals surface area contributed by atoms with E-state index in [1.807, 2.05) is 29.3 Å². The number of benzene rings is 2. The monoisotopic (exact) mass is 422 g/mol. The van der Waals surface area contributed by atoms with Gasteiger partial charge in [0.1, 0.15) is 5.82 Å². The highest BCUT2D eigenvalue weighted by Gasteiger charge is 2.32. The van der Waals surface area contributed by atoms with Gasteiger partial charge in [0.05, 0.1) is 18.7 Å². The standard InChI is InChI=1S/C24H27FN4O2/c25-21-8-6-18(7-9-21)10-12-26-24(31)23-14-19-4-1-2-5-20(19)15-28(23)16-22(30)17-29-13-3-11-27-29/h1-9,11,13,22-23,30H,10,12,14-17H2,(H,26,31)/t22-,23+/m1/s1. The third kappa shape index (κ3) is 5.57. The minimum Gasteiger partial charge on any atom is -0.390 e. The van der Waals surface area contributed by atoms with Gasteiger partial charge in [-0.2, -0.15) is 5.10 Å². The second-order valence-electron chi connectivity index (χ2n) is 7.97. The van der Waals surface area contributed by atoms with Crippen LogP contribution in [-0.2, 0) is 30.7 Å². The van der Waals surface area contributed by atoms with Gasteiger partial charge in [0.2, 0.25) is 5.91 Å². The largest absolute Gasteiger partial charge is 0.390 e. The van der Waals surface area contributed by atoms with Gasteiger partial charge in [-0.15, -0.1) is 0 Å². The van der Waals surface area contributed by atoms with E-state index in [1.54, 1.807) is 23.0 Å². The molecule has 0 saturated carbocycles. The maximum absolute atomic E-state index is 13.1. The first-order chi connectivity index (χ1) is 15.1. The maximum atomic E-state index is 13.1. The van der Waals surface area contributed by atoms with Crippen LogP contribution in [0.25, 0.3) is 0 Å². The molecule has 0 aliphatic carbocycles. The summed E-state index contributed by atoms with van der Waals surface area (Å²) in [7, 11) is 0. The van der Waals surface area contributed by atoms with Gasteiger partial charge in [-0.1, -0.05) is 36.4 Å². The fraction of sp³-hybridized carbons (Fsp3) is 0.333. The Morgan fingerprint density at radius 3 is 2.65 bits per heavy atom. The molecule has 0 spiro atoms. The van der Waals surface area contributed by atoms with Crippen LogP contribution < -0.4 is 5.32 Å². The lowest BCUT2D eigenvalue weighted by atomic mass is 9.93. The number of hydrogen-bond acceptors (Lipinski definition) is 4. The quantitative estimate of drug-likeness (QED) is 0.584. The normalized spacial score (nSPS) is 17.2. The van der Waals surface area contributed by atoms with Gasteiger partial charge < -0.3 is 10.4 Å². The molecule has 7 heteroatoms. The van der Waals surface area contributed by atoms with Crippen LogP contribution in [0.3, 0.4) is 0 Å². The number of rotatable bonds is 8. The molecule has 1 amide bonds. The van der Waals surface area contributed by atoms with Crippen molar-refractivity contribution in [3.8, 4) is 0 Å². The topological polar surface area (TPSA) is 70.4 Å². The zero-order valence-electron chi connectivity index (χ0n) is 17.3. The smallest absolute Gasteiger partial charge is 0.237 e. The summed E-state index contributed by atoms with van der Waals surface area (Å²) in [5.41, 5.74) is 3.32. The predicted molar refractivity (Wildman–Crippen MR) is 116 cm³/mol. The molecule has 0 fully saturated rings. The van der Waals surface area contributed by atoms with Crippen molar-refractivity contribution >= 4 is 5.91 Å². The molecule has 0 unspecified atom stereocenters. The number of amides is 1. The van der Waals surface area contributed by atoms with E-state index in [1.165, 1.54) is 23.3 Å². The van der Waals surface area contributed by atoms with Crippen molar-refractivity contribution in [2.45, 2.75) is 38.1 Å². The van der Waals surface area contributed by atoms with E-state index in [9.17, 15) is 14.3 Å². The highest BCUT2D eigenvalue weighted by molar-refractivity contribution is 5.82. The molecule has 1 aromatic heterocycles. The Balaban J connectivity index is 1.40. The summed E-state index contributed by atoms with van der Waals surface area (Å²) in [5.74, 6) is -0.319. The molecule has 0 radical (unpaired) electrons. The Labute approximate surface area is 181 Å². The average Bonchev–Trinajstić information content (AvgIpc) is 3.27. The summed E-state index contributed by atoms with van der Waals surface area (Å²) < 4.78 is 14.8. The SMILES string of the molecule is O=C(NCCc1ccc(F)cc1)[C@@H]1Cc2ccccc2CN1C[C@@H](O)Cn1cccn1. The van der Waals surface area contributed by atoms with E-state index in [4.69, 9.17) is 0 Å². The Morgan fingerprint density at radius 1 is 1.13 bits per heavy atom. The number of aromatic nitrogens is 2. The number of carbonyl (C=O) groups is 1. The number of hydrogen-bond donors (Lipinski definition) is 2. The van der Waals surface area contributed by atoms with Crippen LogP contribution in [0.1, 0.15) is 16.7 Å². The second-order valence-corrected chi connectivity index (χ2v) is 7.97. The molecule has 3 aromatic rings. The molecule has 0 bridgehead atoms. The fourth-order valence-electron chi connectivity index (χ4n) is 4.08. The summed E-state index contributed by atoms with van der Waals surface area (Å²) in [6.45, 7) is 1.85. The van der Waals surface area contributed by atoms with Crippen LogP contribution >= 0.6 is 0 Å². The zero-order chi connectivity index (χ0) is 21.6. The van der Waals surface area contributed by atoms with E-state index in [0.717, 1.165) is 5.56 Å². The van der Waals surface area contributed by atoms with Gasteiger partial charge in [-0.05, 0) is 47.7 Å². The molecule has 162 valence electrons. The number of nitrogens with one attached hydrogen (secondary N) is 1. The molecular formula is C24H27FN4O2. The van der Waals surface area contributed by atoms with E-state index >= 15 is 0 Å². The van der Waals surface area contributed by atoms with Crippen molar-refractivity contribution in [1.29, 1.82) is 0 Å². The molecule has 2 heterocycles. The van der Waals surface area contributed by atoms with Crippen LogP contribution in [0.15, 0.2) is 67.0 Å². The van der Waals surface area contributed by atoms with Gasteiger partial charge in [0.15, 0.2) is 0 Å².